The Balaban J connectivity index is 1.97. The Bertz CT molecular complexity index is 871. The van der Waals surface area contributed by atoms with E-state index in [4.69, 9.17) is 11.6 Å². The Hall–Kier alpha value is -2.92. The first-order valence-corrected chi connectivity index (χ1v) is 8.13. The van der Waals surface area contributed by atoms with Crippen molar-refractivity contribution >= 4 is 41.2 Å². The minimum atomic E-state index is -0.757. The fraction of sp³-hybridized carbons (Fsp3) is 0.105. The number of carbonyl (C=O) groups is 3. The van der Waals surface area contributed by atoms with Gasteiger partial charge in [-0.2, -0.15) is 0 Å². The van der Waals surface area contributed by atoms with Crippen LogP contribution in [0, 0.1) is 0 Å². The molecule has 25 heavy (non-hydrogen) atoms. The molecule has 0 unspecified atom stereocenters. The van der Waals surface area contributed by atoms with Gasteiger partial charge in [-0.25, -0.2) is 9.69 Å². The molecule has 1 heterocycles. The second kappa shape index (κ2) is 6.91. The lowest BCUT2D eigenvalue weighted by molar-refractivity contribution is -0.122. The molecule has 0 aliphatic carbocycles. The minimum absolute atomic E-state index is 0.110. The lowest BCUT2D eigenvalue weighted by Crippen LogP contribution is -2.54. The lowest BCUT2D eigenvalue weighted by Gasteiger charge is -2.26. The van der Waals surface area contributed by atoms with Crippen molar-refractivity contribution < 1.29 is 14.4 Å². The topological polar surface area (TPSA) is 66.5 Å². The molecule has 1 fully saturated rings. The van der Waals surface area contributed by atoms with E-state index in [1.54, 1.807) is 36.4 Å². The van der Waals surface area contributed by atoms with Crippen LogP contribution in [0.25, 0.3) is 6.08 Å². The van der Waals surface area contributed by atoms with E-state index in [0.717, 1.165) is 16.9 Å². The number of benzene rings is 2. The lowest BCUT2D eigenvalue weighted by atomic mass is 10.1. The molecule has 2 aromatic carbocycles. The molecule has 1 N–H and O–H groups in total. The number of aryl methyl sites for hydroxylation is 1. The summed E-state index contributed by atoms with van der Waals surface area (Å²) in [6, 6.07) is 13.0. The highest BCUT2D eigenvalue weighted by atomic mass is 35.5. The molecule has 1 saturated heterocycles. The zero-order valence-corrected chi connectivity index (χ0v) is 14.2. The minimum Gasteiger partial charge on any atom is -0.273 e. The maximum atomic E-state index is 12.7. The third-order valence-corrected chi connectivity index (χ3v) is 4.14. The van der Waals surface area contributed by atoms with E-state index in [1.165, 1.54) is 6.08 Å². The second-order valence-corrected chi connectivity index (χ2v) is 5.97. The number of imide groups is 2. The van der Waals surface area contributed by atoms with Crippen molar-refractivity contribution in [2.24, 2.45) is 0 Å². The molecule has 1 aliphatic heterocycles. The van der Waals surface area contributed by atoms with Crippen molar-refractivity contribution in [2.45, 2.75) is 13.3 Å². The molecule has 0 radical (unpaired) electrons. The molecule has 0 saturated carbocycles. The molecule has 5 nitrogen and oxygen atoms in total. The number of amides is 4. The molecule has 0 aromatic heterocycles. The molecule has 4 amide bonds. The van der Waals surface area contributed by atoms with E-state index in [-0.39, 0.29) is 5.57 Å². The average Bonchev–Trinajstić information content (AvgIpc) is 2.60. The zero-order valence-electron chi connectivity index (χ0n) is 13.5. The quantitative estimate of drug-likeness (QED) is 0.677. The van der Waals surface area contributed by atoms with Crippen molar-refractivity contribution in [1.82, 2.24) is 5.32 Å². The molecular weight excluding hydrogens is 340 g/mol. The van der Waals surface area contributed by atoms with Gasteiger partial charge in [0.2, 0.25) is 0 Å². The van der Waals surface area contributed by atoms with Crippen molar-refractivity contribution in [2.75, 3.05) is 4.90 Å². The summed E-state index contributed by atoms with van der Waals surface area (Å²) in [5.74, 6) is -1.38. The third kappa shape index (κ3) is 3.46. The zero-order chi connectivity index (χ0) is 18.0. The van der Waals surface area contributed by atoms with Crippen molar-refractivity contribution in [3.63, 3.8) is 0 Å². The van der Waals surface area contributed by atoms with Gasteiger partial charge in [0.15, 0.2) is 0 Å². The largest absolute Gasteiger partial charge is 0.335 e. The van der Waals surface area contributed by atoms with Crippen LogP contribution in [-0.2, 0) is 16.0 Å². The van der Waals surface area contributed by atoms with Crippen LogP contribution in [0.3, 0.4) is 0 Å². The molecule has 126 valence electrons. The summed E-state index contributed by atoms with van der Waals surface area (Å²) >= 11 is 5.84. The molecule has 0 atom stereocenters. The molecule has 0 spiro atoms. The number of carbonyl (C=O) groups excluding carboxylic acids is 3. The first kappa shape index (κ1) is 16.9. The van der Waals surface area contributed by atoms with E-state index < -0.39 is 17.8 Å². The summed E-state index contributed by atoms with van der Waals surface area (Å²) in [6.45, 7) is 2.01. The number of hydrogen-bond donors (Lipinski definition) is 1. The highest BCUT2D eigenvalue weighted by Gasteiger charge is 2.36. The fourth-order valence-corrected chi connectivity index (χ4v) is 2.62. The van der Waals surface area contributed by atoms with Gasteiger partial charge in [0, 0.05) is 5.02 Å². The number of barbiturate groups is 1. The number of hydrogen-bond acceptors (Lipinski definition) is 3. The number of rotatable bonds is 3. The number of halogens is 1. The molecule has 2 aromatic rings. The standard InChI is InChI=1S/C19H15ClN2O3/c1-2-12-5-9-15(10-6-12)22-18(24)16(17(23)21-19(22)25)11-13-3-7-14(20)8-4-13/h3-11H,2H2,1H3,(H,21,23,25)/b16-11-. The molecule has 1 aliphatic rings. The van der Waals surface area contributed by atoms with Gasteiger partial charge in [-0.1, -0.05) is 42.8 Å². The molecule has 3 rings (SSSR count). The molecule has 6 heteroatoms. The molecule has 0 bridgehead atoms. The first-order chi connectivity index (χ1) is 12.0. The summed E-state index contributed by atoms with van der Waals surface area (Å²) in [6.07, 6.45) is 2.29. The Labute approximate surface area is 149 Å². The maximum Gasteiger partial charge on any atom is 0.335 e. The Kier molecular flexibility index (Phi) is 4.67. The predicted molar refractivity (Wildman–Crippen MR) is 96.3 cm³/mol. The average molecular weight is 355 g/mol. The van der Waals surface area contributed by atoms with Crippen LogP contribution in [0.2, 0.25) is 5.02 Å². The van der Waals surface area contributed by atoms with Crippen LogP contribution in [0.5, 0.6) is 0 Å². The monoisotopic (exact) mass is 354 g/mol. The van der Waals surface area contributed by atoms with E-state index in [1.807, 2.05) is 19.1 Å². The van der Waals surface area contributed by atoms with Gasteiger partial charge in [-0.05, 0) is 47.9 Å². The van der Waals surface area contributed by atoms with Gasteiger partial charge in [0.25, 0.3) is 11.8 Å². The number of urea groups is 1. The van der Waals surface area contributed by atoms with Crippen molar-refractivity contribution in [1.29, 1.82) is 0 Å². The van der Waals surface area contributed by atoms with Crippen LogP contribution in [0.1, 0.15) is 18.1 Å². The summed E-state index contributed by atoms with van der Waals surface area (Å²) in [4.78, 5) is 37.9. The van der Waals surface area contributed by atoms with Crippen molar-refractivity contribution in [3.8, 4) is 0 Å². The highest BCUT2D eigenvalue weighted by molar-refractivity contribution is 6.39. The number of anilines is 1. The van der Waals surface area contributed by atoms with Crippen LogP contribution >= 0.6 is 11.6 Å². The van der Waals surface area contributed by atoms with Crippen molar-refractivity contribution in [3.05, 3.63) is 70.3 Å². The van der Waals surface area contributed by atoms with Crippen LogP contribution in [-0.4, -0.2) is 17.8 Å². The van der Waals surface area contributed by atoms with E-state index in [9.17, 15) is 14.4 Å². The summed E-state index contributed by atoms with van der Waals surface area (Å²) in [7, 11) is 0. The fourth-order valence-electron chi connectivity index (χ4n) is 2.50. The maximum absolute atomic E-state index is 12.7. The summed E-state index contributed by atoms with van der Waals surface area (Å²) < 4.78 is 0. The summed E-state index contributed by atoms with van der Waals surface area (Å²) in [5, 5.41) is 2.75. The Morgan fingerprint density at radius 3 is 2.24 bits per heavy atom. The second-order valence-electron chi connectivity index (χ2n) is 5.53. The highest BCUT2D eigenvalue weighted by Crippen LogP contribution is 2.23. The van der Waals surface area contributed by atoms with Gasteiger partial charge in [0.05, 0.1) is 5.69 Å². The smallest absolute Gasteiger partial charge is 0.273 e. The normalized spacial score (nSPS) is 16.3. The number of nitrogens with zero attached hydrogens (tertiary/aromatic N) is 1. The molecular formula is C19H15ClN2O3. The number of nitrogens with one attached hydrogen (secondary N) is 1. The van der Waals surface area contributed by atoms with Gasteiger partial charge < -0.3 is 0 Å². The van der Waals surface area contributed by atoms with Gasteiger partial charge in [0.1, 0.15) is 5.57 Å². The van der Waals surface area contributed by atoms with E-state index in [2.05, 4.69) is 5.32 Å². The third-order valence-electron chi connectivity index (χ3n) is 3.89. The SMILES string of the molecule is CCc1ccc(N2C(=O)NC(=O)/C(=C/c3ccc(Cl)cc3)C2=O)cc1. The van der Waals surface area contributed by atoms with E-state index in [0.29, 0.717) is 16.3 Å². The Morgan fingerprint density at radius 1 is 1.00 bits per heavy atom. The van der Waals surface area contributed by atoms with Crippen LogP contribution in [0.15, 0.2) is 54.1 Å². The van der Waals surface area contributed by atoms with Crippen LogP contribution < -0.4 is 10.2 Å². The van der Waals surface area contributed by atoms with Gasteiger partial charge >= 0.3 is 6.03 Å². The predicted octanol–water partition coefficient (Wildman–Crippen LogP) is 3.57. The van der Waals surface area contributed by atoms with E-state index >= 15 is 0 Å². The summed E-state index contributed by atoms with van der Waals surface area (Å²) in [5.41, 5.74) is 2.02. The first-order valence-electron chi connectivity index (χ1n) is 7.75. The van der Waals surface area contributed by atoms with Gasteiger partial charge in [-0.3, -0.25) is 14.9 Å². The Morgan fingerprint density at radius 2 is 1.64 bits per heavy atom. The van der Waals surface area contributed by atoms with Crippen LogP contribution in [0.4, 0.5) is 10.5 Å². The van der Waals surface area contributed by atoms with Gasteiger partial charge in [-0.15, -0.1) is 0 Å².